The highest BCUT2D eigenvalue weighted by Gasteiger charge is 2.45. The molecule has 1 atom stereocenters. The van der Waals surface area contributed by atoms with E-state index < -0.39 is 17.7 Å². The summed E-state index contributed by atoms with van der Waals surface area (Å²) in [6.07, 6.45) is 0.689. The van der Waals surface area contributed by atoms with E-state index in [1.165, 1.54) is 12.0 Å². The molecule has 1 fully saturated rings. The first kappa shape index (κ1) is 21.4. The minimum Gasteiger partial charge on any atom is -0.507 e. The Morgan fingerprint density at radius 2 is 1.80 bits per heavy atom. The Kier molecular flexibility index (Phi) is 6.45. The number of methoxy groups -OCH3 is 1. The number of aliphatic hydroxyl groups is 1. The quantitative estimate of drug-likeness (QED) is 0.421. The number of hydrogen-bond acceptors (Lipinski definition) is 5. The third-order valence-electron chi connectivity index (χ3n) is 5.12. The van der Waals surface area contributed by atoms with Gasteiger partial charge in [0, 0.05) is 6.54 Å². The monoisotopic (exact) mass is 409 g/mol. The molecule has 0 aromatic heterocycles. The number of ketones is 1. The average molecular weight is 409 g/mol. The summed E-state index contributed by atoms with van der Waals surface area (Å²) >= 11 is 0. The van der Waals surface area contributed by atoms with E-state index in [1.807, 2.05) is 39.0 Å². The molecule has 0 radical (unpaired) electrons. The van der Waals surface area contributed by atoms with E-state index in [1.54, 1.807) is 24.3 Å². The first-order valence-electron chi connectivity index (χ1n) is 10.1. The van der Waals surface area contributed by atoms with Crippen LogP contribution in [0.4, 0.5) is 0 Å². The van der Waals surface area contributed by atoms with Crippen molar-refractivity contribution in [2.24, 2.45) is 0 Å². The molecule has 30 heavy (non-hydrogen) atoms. The maximum absolute atomic E-state index is 13.0. The molecule has 1 saturated heterocycles. The summed E-state index contributed by atoms with van der Waals surface area (Å²) in [5, 5.41) is 11.2. The van der Waals surface area contributed by atoms with E-state index in [0.29, 0.717) is 36.6 Å². The van der Waals surface area contributed by atoms with Gasteiger partial charge in [-0.1, -0.05) is 30.7 Å². The minimum atomic E-state index is -0.691. The highest BCUT2D eigenvalue weighted by atomic mass is 16.5. The lowest BCUT2D eigenvalue weighted by Crippen LogP contribution is -2.30. The molecular weight excluding hydrogens is 382 g/mol. The number of nitrogens with zero attached hydrogens (tertiary/aromatic N) is 1. The highest BCUT2D eigenvalue weighted by molar-refractivity contribution is 6.46. The summed E-state index contributed by atoms with van der Waals surface area (Å²) in [5.74, 6) is -0.391. The lowest BCUT2D eigenvalue weighted by atomic mass is 9.94. The van der Waals surface area contributed by atoms with Gasteiger partial charge in [0.1, 0.15) is 17.3 Å². The fourth-order valence-electron chi connectivity index (χ4n) is 3.76. The molecule has 0 saturated carbocycles. The van der Waals surface area contributed by atoms with Crippen LogP contribution in [0.1, 0.15) is 43.0 Å². The number of hydrogen-bond donors (Lipinski definition) is 1. The largest absolute Gasteiger partial charge is 0.507 e. The molecule has 1 aliphatic heterocycles. The normalized spacial score (nSPS) is 18.0. The number of Topliss-reactive ketones (excluding diaryl/α,β-unsaturated/α-hetero) is 1. The molecule has 0 bridgehead atoms. The zero-order valence-electron chi connectivity index (χ0n) is 17.8. The van der Waals surface area contributed by atoms with Gasteiger partial charge in [-0.3, -0.25) is 9.59 Å². The van der Waals surface area contributed by atoms with E-state index in [9.17, 15) is 14.7 Å². The van der Waals surface area contributed by atoms with Crippen molar-refractivity contribution in [1.82, 2.24) is 4.90 Å². The van der Waals surface area contributed by atoms with Gasteiger partial charge in [0.05, 0.1) is 30.9 Å². The van der Waals surface area contributed by atoms with Crippen LogP contribution in [0.25, 0.3) is 5.76 Å². The number of carbonyl (C=O) groups excluding carboxylic acids is 2. The van der Waals surface area contributed by atoms with Crippen LogP contribution in [0.5, 0.6) is 11.5 Å². The number of carbonyl (C=O) groups is 2. The molecule has 1 aliphatic rings. The molecule has 1 N–H and O–H groups in total. The van der Waals surface area contributed by atoms with Crippen LogP contribution in [0, 0.1) is 6.92 Å². The lowest BCUT2D eigenvalue weighted by molar-refractivity contribution is -0.139. The number of aryl methyl sites for hydroxylation is 1. The second-order valence-corrected chi connectivity index (χ2v) is 7.20. The summed E-state index contributed by atoms with van der Waals surface area (Å²) in [5.41, 5.74) is 2.10. The Hall–Kier alpha value is -3.28. The van der Waals surface area contributed by atoms with Gasteiger partial charge in [-0.25, -0.2) is 0 Å². The Labute approximate surface area is 176 Å². The van der Waals surface area contributed by atoms with Crippen molar-refractivity contribution in [3.8, 4) is 11.5 Å². The van der Waals surface area contributed by atoms with E-state index in [0.717, 1.165) is 11.1 Å². The number of aliphatic hydroxyl groups excluding tert-OH is 1. The Morgan fingerprint density at radius 3 is 2.40 bits per heavy atom. The molecule has 158 valence electrons. The van der Waals surface area contributed by atoms with E-state index in [2.05, 4.69) is 0 Å². The fourth-order valence-corrected chi connectivity index (χ4v) is 3.76. The third-order valence-corrected chi connectivity index (χ3v) is 5.12. The van der Waals surface area contributed by atoms with Gasteiger partial charge in [0.2, 0.25) is 0 Å². The minimum absolute atomic E-state index is 0.0708. The van der Waals surface area contributed by atoms with E-state index in [-0.39, 0.29) is 11.3 Å². The zero-order chi connectivity index (χ0) is 21.8. The van der Waals surface area contributed by atoms with Crippen LogP contribution >= 0.6 is 0 Å². The van der Waals surface area contributed by atoms with Crippen molar-refractivity contribution in [3.63, 3.8) is 0 Å². The fraction of sp³-hybridized carbons (Fsp3) is 0.333. The van der Waals surface area contributed by atoms with Gasteiger partial charge in [-0.05, 0) is 50.1 Å². The molecule has 3 rings (SSSR count). The van der Waals surface area contributed by atoms with Crippen LogP contribution in [-0.4, -0.2) is 42.0 Å². The summed E-state index contributed by atoms with van der Waals surface area (Å²) in [7, 11) is 1.50. The summed E-state index contributed by atoms with van der Waals surface area (Å²) in [4.78, 5) is 27.3. The van der Waals surface area contributed by atoms with Crippen molar-refractivity contribution in [2.75, 3.05) is 20.3 Å². The van der Waals surface area contributed by atoms with Crippen molar-refractivity contribution in [1.29, 1.82) is 0 Å². The molecule has 0 aliphatic carbocycles. The third kappa shape index (κ3) is 3.90. The van der Waals surface area contributed by atoms with Gasteiger partial charge in [0.15, 0.2) is 0 Å². The van der Waals surface area contributed by atoms with Crippen molar-refractivity contribution in [2.45, 2.75) is 33.2 Å². The Morgan fingerprint density at radius 1 is 1.10 bits per heavy atom. The number of rotatable bonds is 7. The number of benzene rings is 2. The Bertz CT molecular complexity index is 978. The SMILES string of the molecule is CCCN1C(=O)C(=O)/C(=C(/O)c2cc(C)ccc2OC)C1c1ccc(OCC)cc1. The van der Waals surface area contributed by atoms with Gasteiger partial charge in [-0.15, -0.1) is 0 Å². The molecule has 6 heteroatoms. The topological polar surface area (TPSA) is 76.1 Å². The first-order valence-corrected chi connectivity index (χ1v) is 10.1. The standard InChI is InChI=1S/C24H27NO5/c1-5-13-25-21(16-8-10-17(11-9-16)30-6-2)20(23(27)24(25)28)22(26)18-14-15(3)7-12-19(18)29-4/h7-12,14,21,26H,5-6,13H2,1-4H3/b22-20+. The van der Waals surface area contributed by atoms with Gasteiger partial charge >= 0.3 is 0 Å². The zero-order valence-corrected chi connectivity index (χ0v) is 17.8. The summed E-state index contributed by atoms with van der Waals surface area (Å²) in [6.45, 7) is 6.68. The molecule has 1 heterocycles. The van der Waals surface area contributed by atoms with Crippen molar-refractivity contribution in [3.05, 3.63) is 64.7 Å². The first-order chi connectivity index (χ1) is 14.4. The Balaban J connectivity index is 2.19. The molecule has 0 spiro atoms. The van der Waals surface area contributed by atoms with Gasteiger partial charge < -0.3 is 19.5 Å². The maximum Gasteiger partial charge on any atom is 0.295 e. The van der Waals surface area contributed by atoms with Gasteiger partial charge in [0.25, 0.3) is 11.7 Å². The molecule has 1 amide bonds. The molecular formula is C24H27NO5. The van der Waals surface area contributed by atoms with Crippen LogP contribution in [0.2, 0.25) is 0 Å². The van der Waals surface area contributed by atoms with Crippen LogP contribution in [-0.2, 0) is 9.59 Å². The predicted octanol–water partition coefficient (Wildman–Crippen LogP) is 4.23. The average Bonchev–Trinajstić information content (AvgIpc) is 2.99. The maximum atomic E-state index is 13.0. The van der Waals surface area contributed by atoms with E-state index >= 15 is 0 Å². The number of ether oxygens (including phenoxy) is 2. The summed E-state index contributed by atoms with van der Waals surface area (Å²) < 4.78 is 10.9. The summed E-state index contributed by atoms with van der Waals surface area (Å²) in [6, 6.07) is 11.9. The number of likely N-dealkylation sites (tertiary alicyclic amines) is 1. The predicted molar refractivity (Wildman–Crippen MR) is 115 cm³/mol. The molecule has 1 unspecified atom stereocenters. The van der Waals surface area contributed by atoms with Crippen molar-refractivity contribution >= 4 is 17.4 Å². The molecule has 6 nitrogen and oxygen atoms in total. The highest BCUT2D eigenvalue weighted by Crippen LogP contribution is 2.41. The van der Waals surface area contributed by atoms with Crippen molar-refractivity contribution < 1.29 is 24.2 Å². The van der Waals surface area contributed by atoms with Gasteiger partial charge in [-0.2, -0.15) is 0 Å². The van der Waals surface area contributed by atoms with Crippen LogP contribution in [0.3, 0.4) is 0 Å². The van der Waals surface area contributed by atoms with E-state index in [4.69, 9.17) is 9.47 Å². The molecule has 2 aromatic rings. The second kappa shape index (κ2) is 9.03. The second-order valence-electron chi connectivity index (χ2n) is 7.20. The smallest absolute Gasteiger partial charge is 0.295 e. The lowest BCUT2D eigenvalue weighted by Gasteiger charge is -2.25. The van der Waals surface area contributed by atoms with Crippen LogP contribution in [0.15, 0.2) is 48.0 Å². The number of amides is 1. The molecule has 2 aromatic carbocycles. The van der Waals surface area contributed by atoms with Crippen LogP contribution < -0.4 is 9.47 Å².